The maximum Gasteiger partial charge on any atom is 0.226 e. The third-order valence-corrected chi connectivity index (χ3v) is 3.57. The summed E-state index contributed by atoms with van der Waals surface area (Å²) in [6.45, 7) is 7.53. The number of carbonyl (C=O) groups is 1. The quantitative estimate of drug-likeness (QED) is 0.662. The monoisotopic (exact) mass is 228 g/mol. The van der Waals surface area contributed by atoms with E-state index in [1.54, 1.807) is 0 Å². The highest BCUT2D eigenvalue weighted by molar-refractivity contribution is 5.83. The summed E-state index contributed by atoms with van der Waals surface area (Å²) in [5, 5.41) is 15.4. The smallest absolute Gasteiger partial charge is 0.226 e. The van der Waals surface area contributed by atoms with Crippen LogP contribution in [0.4, 0.5) is 0 Å². The minimum atomic E-state index is -0.524. The normalized spacial score (nSPS) is 20.5. The first-order valence-electron chi connectivity index (χ1n) is 6.10. The molecule has 94 valence electrons. The van der Waals surface area contributed by atoms with Crippen molar-refractivity contribution < 1.29 is 9.90 Å². The zero-order chi connectivity index (χ0) is 12.2. The molecular weight excluding hydrogens is 204 g/mol. The number of hydrogen-bond donors (Lipinski definition) is 3. The highest BCUT2D eigenvalue weighted by Gasteiger charge is 2.39. The second-order valence-electron chi connectivity index (χ2n) is 5.38. The molecule has 1 amide bonds. The summed E-state index contributed by atoms with van der Waals surface area (Å²) in [4.78, 5) is 12.3. The van der Waals surface area contributed by atoms with Gasteiger partial charge >= 0.3 is 0 Å². The predicted molar refractivity (Wildman–Crippen MR) is 64.1 cm³/mol. The van der Waals surface area contributed by atoms with Crippen molar-refractivity contribution in [3.05, 3.63) is 0 Å². The molecule has 0 aliphatic carbocycles. The molecule has 0 aromatic heterocycles. The van der Waals surface area contributed by atoms with Crippen LogP contribution in [0.5, 0.6) is 0 Å². The summed E-state index contributed by atoms with van der Waals surface area (Å²) in [7, 11) is 0. The zero-order valence-corrected chi connectivity index (χ0v) is 10.6. The minimum absolute atomic E-state index is 0.0310. The van der Waals surface area contributed by atoms with Crippen LogP contribution in [0.2, 0.25) is 0 Å². The van der Waals surface area contributed by atoms with E-state index in [9.17, 15) is 9.90 Å². The summed E-state index contributed by atoms with van der Waals surface area (Å²) in [5.41, 5.74) is -0.762. The lowest BCUT2D eigenvalue weighted by molar-refractivity contribution is -0.135. The van der Waals surface area contributed by atoms with Gasteiger partial charge in [0, 0.05) is 0 Å². The van der Waals surface area contributed by atoms with Gasteiger partial charge in [-0.25, -0.2) is 0 Å². The summed E-state index contributed by atoms with van der Waals surface area (Å²) in [6, 6.07) is 0. The molecule has 1 aliphatic heterocycles. The molecule has 0 atom stereocenters. The Morgan fingerprint density at radius 2 is 2.00 bits per heavy atom. The molecular formula is C12H24N2O2. The van der Waals surface area contributed by atoms with Gasteiger partial charge in [-0.2, -0.15) is 0 Å². The molecule has 4 heteroatoms. The molecule has 4 nitrogen and oxygen atoms in total. The Hall–Kier alpha value is -0.610. The van der Waals surface area contributed by atoms with E-state index in [-0.39, 0.29) is 17.9 Å². The largest absolute Gasteiger partial charge is 0.394 e. The Kier molecular flexibility index (Phi) is 4.33. The van der Waals surface area contributed by atoms with Gasteiger partial charge in [0.05, 0.1) is 17.6 Å². The lowest BCUT2D eigenvalue weighted by atomic mass is 9.75. The van der Waals surface area contributed by atoms with Crippen molar-refractivity contribution in [2.24, 2.45) is 5.41 Å². The fourth-order valence-electron chi connectivity index (χ4n) is 2.13. The van der Waals surface area contributed by atoms with Crippen LogP contribution in [0.3, 0.4) is 0 Å². The topological polar surface area (TPSA) is 61.4 Å². The number of rotatable bonds is 4. The third kappa shape index (κ3) is 2.95. The lowest BCUT2D eigenvalue weighted by Crippen LogP contribution is -2.54. The van der Waals surface area contributed by atoms with Crippen LogP contribution in [0, 0.1) is 5.41 Å². The summed E-state index contributed by atoms with van der Waals surface area (Å²) < 4.78 is 0. The number of aliphatic hydroxyl groups is 1. The van der Waals surface area contributed by atoms with Crippen LogP contribution < -0.4 is 10.6 Å². The van der Waals surface area contributed by atoms with E-state index in [4.69, 9.17) is 0 Å². The van der Waals surface area contributed by atoms with Crippen molar-refractivity contribution in [3.8, 4) is 0 Å². The Balaban J connectivity index is 2.69. The number of nitrogens with one attached hydrogen (secondary N) is 2. The molecule has 1 saturated heterocycles. The van der Waals surface area contributed by atoms with Gasteiger partial charge in [-0.15, -0.1) is 0 Å². The maximum absolute atomic E-state index is 12.3. The van der Waals surface area contributed by atoms with E-state index in [2.05, 4.69) is 17.6 Å². The lowest BCUT2D eigenvalue weighted by Gasteiger charge is -2.38. The first-order valence-corrected chi connectivity index (χ1v) is 6.10. The van der Waals surface area contributed by atoms with Gasteiger partial charge in [-0.1, -0.05) is 6.92 Å². The fraction of sp³-hybridized carbons (Fsp3) is 0.917. The first kappa shape index (κ1) is 13.5. The number of aliphatic hydroxyl groups excluding tert-OH is 1. The van der Waals surface area contributed by atoms with Crippen molar-refractivity contribution >= 4 is 5.91 Å². The molecule has 1 heterocycles. The van der Waals surface area contributed by atoms with E-state index < -0.39 is 5.54 Å². The van der Waals surface area contributed by atoms with Crippen LogP contribution >= 0.6 is 0 Å². The van der Waals surface area contributed by atoms with Crippen molar-refractivity contribution in [3.63, 3.8) is 0 Å². The third-order valence-electron chi connectivity index (χ3n) is 3.57. The highest BCUT2D eigenvalue weighted by Crippen LogP contribution is 2.33. The van der Waals surface area contributed by atoms with Gasteiger partial charge in [-0.3, -0.25) is 4.79 Å². The molecule has 0 aromatic carbocycles. The first-order chi connectivity index (χ1) is 7.46. The Morgan fingerprint density at radius 3 is 2.44 bits per heavy atom. The van der Waals surface area contributed by atoms with Gasteiger partial charge in [0.25, 0.3) is 0 Å². The maximum atomic E-state index is 12.3. The number of amides is 1. The average molecular weight is 228 g/mol. The van der Waals surface area contributed by atoms with Crippen molar-refractivity contribution in [2.45, 2.75) is 45.6 Å². The van der Waals surface area contributed by atoms with E-state index in [1.165, 1.54) is 0 Å². The van der Waals surface area contributed by atoms with Crippen LogP contribution in [0.15, 0.2) is 0 Å². The van der Waals surface area contributed by atoms with Crippen molar-refractivity contribution in [1.29, 1.82) is 0 Å². The summed E-state index contributed by atoms with van der Waals surface area (Å²) in [5.74, 6) is 0.0931. The standard InChI is InChI=1S/C12H24N2O2/c1-4-12(5-7-13-8-6-12)10(16)14-11(2,3)9-15/h13,15H,4-9H2,1-3H3,(H,14,16). The van der Waals surface area contributed by atoms with Crippen LogP contribution in [0.25, 0.3) is 0 Å². The van der Waals surface area contributed by atoms with Crippen LogP contribution in [-0.2, 0) is 4.79 Å². The molecule has 1 fully saturated rings. The van der Waals surface area contributed by atoms with Crippen molar-refractivity contribution in [2.75, 3.05) is 19.7 Å². The SMILES string of the molecule is CCC1(C(=O)NC(C)(C)CO)CCNCC1. The number of piperidine rings is 1. The Bertz CT molecular complexity index is 245. The minimum Gasteiger partial charge on any atom is -0.394 e. The second-order valence-corrected chi connectivity index (χ2v) is 5.38. The zero-order valence-electron chi connectivity index (χ0n) is 10.6. The molecule has 0 bridgehead atoms. The molecule has 0 spiro atoms. The van der Waals surface area contributed by atoms with Gasteiger partial charge in [0.2, 0.25) is 5.91 Å². The van der Waals surface area contributed by atoms with E-state index in [0.29, 0.717) is 0 Å². The van der Waals surface area contributed by atoms with Gasteiger partial charge in [0.1, 0.15) is 0 Å². The highest BCUT2D eigenvalue weighted by atomic mass is 16.3. The van der Waals surface area contributed by atoms with Gasteiger partial charge < -0.3 is 15.7 Å². The van der Waals surface area contributed by atoms with Crippen LogP contribution in [-0.4, -0.2) is 36.2 Å². The van der Waals surface area contributed by atoms with Crippen LogP contribution in [0.1, 0.15) is 40.0 Å². The molecule has 16 heavy (non-hydrogen) atoms. The molecule has 0 unspecified atom stereocenters. The van der Waals surface area contributed by atoms with Crippen molar-refractivity contribution in [1.82, 2.24) is 10.6 Å². The average Bonchev–Trinajstić information content (AvgIpc) is 2.29. The number of carbonyl (C=O) groups excluding carboxylic acids is 1. The van der Waals surface area contributed by atoms with E-state index in [1.807, 2.05) is 13.8 Å². The Labute approximate surface area is 97.8 Å². The molecule has 0 radical (unpaired) electrons. The molecule has 1 aliphatic rings. The summed E-state index contributed by atoms with van der Waals surface area (Å²) in [6.07, 6.45) is 2.63. The molecule has 0 aromatic rings. The predicted octanol–water partition coefficient (Wildman–Crippen LogP) is 0.653. The van der Waals surface area contributed by atoms with E-state index >= 15 is 0 Å². The fourth-order valence-corrected chi connectivity index (χ4v) is 2.13. The molecule has 0 saturated carbocycles. The van der Waals surface area contributed by atoms with Gasteiger partial charge in [0.15, 0.2) is 0 Å². The molecule has 3 N–H and O–H groups in total. The molecule has 1 rings (SSSR count). The summed E-state index contributed by atoms with van der Waals surface area (Å²) >= 11 is 0. The second kappa shape index (κ2) is 5.15. The number of hydrogen-bond acceptors (Lipinski definition) is 3. The van der Waals surface area contributed by atoms with E-state index in [0.717, 1.165) is 32.4 Å². The Morgan fingerprint density at radius 1 is 1.44 bits per heavy atom. The van der Waals surface area contributed by atoms with Gasteiger partial charge in [-0.05, 0) is 46.2 Å².